The molecule has 0 aliphatic carbocycles. The number of rotatable bonds is 6. The topological polar surface area (TPSA) is 110 Å². The van der Waals surface area contributed by atoms with E-state index in [-0.39, 0.29) is 12.2 Å². The molecule has 5 heteroatoms. The van der Waals surface area contributed by atoms with Gasteiger partial charge in [0.15, 0.2) is 0 Å². The molecular weight excluding hydrogens is 244 g/mol. The summed E-state index contributed by atoms with van der Waals surface area (Å²) < 4.78 is 0. The third-order valence-electron chi connectivity index (χ3n) is 2.52. The number of carbonyl (C=O) groups is 1. The lowest BCUT2D eigenvalue weighted by Gasteiger charge is -2.05. The summed E-state index contributed by atoms with van der Waals surface area (Å²) in [4.78, 5) is 10.4. The SMILES string of the molecule is CCCCCN.NC(Cc1ccc(O)cc1)C(=O)O. The number of unbranched alkanes of at least 4 members (excludes halogenated alkanes) is 2. The van der Waals surface area contributed by atoms with Crippen LogP contribution in [0.4, 0.5) is 0 Å². The molecule has 1 aromatic carbocycles. The Morgan fingerprint density at radius 1 is 1.26 bits per heavy atom. The average molecular weight is 268 g/mol. The van der Waals surface area contributed by atoms with E-state index in [1.54, 1.807) is 12.1 Å². The first-order valence-corrected chi connectivity index (χ1v) is 6.47. The summed E-state index contributed by atoms with van der Waals surface area (Å²) in [6.45, 7) is 3.03. The first kappa shape index (κ1) is 17.4. The van der Waals surface area contributed by atoms with Gasteiger partial charge in [-0.3, -0.25) is 4.79 Å². The molecule has 0 radical (unpaired) electrons. The van der Waals surface area contributed by atoms with Gasteiger partial charge in [0.25, 0.3) is 0 Å². The van der Waals surface area contributed by atoms with E-state index in [2.05, 4.69) is 6.92 Å². The minimum Gasteiger partial charge on any atom is -0.508 e. The lowest BCUT2D eigenvalue weighted by Crippen LogP contribution is -2.32. The van der Waals surface area contributed by atoms with Crippen LogP contribution in [0.15, 0.2) is 24.3 Å². The number of aromatic hydroxyl groups is 1. The Labute approximate surface area is 114 Å². The fourth-order valence-electron chi connectivity index (χ4n) is 1.37. The molecule has 0 bridgehead atoms. The number of carboxylic acids is 1. The highest BCUT2D eigenvalue weighted by atomic mass is 16.4. The van der Waals surface area contributed by atoms with Crippen molar-refractivity contribution in [3.05, 3.63) is 29.8 Å². The molecule has 0 amide bonds. The van der Waals surface area contributed by atoms with Gasteiger partial charge >= 0.3 is 5.97 Å². The zero-order chi connectivity index (χ0) is 14.7. The van der Waals surface area contributed by atoms with Gasteiger partial charge in [-0.2, -0.15) is 0 Å². The average Bonchev–Trinajstić information content (AvgIpc) is 2.39. The van der Waals surface area contributed by atoms with Crippen LogP contribution in [0.5, 0.6) is 5.75 Å². The van der Waals surface area contributed by atoms with Gasteiger partial charge in [0.05, 0.1) is 0 Å². The molecule has 1 aromatic rings. The van der Waals surface area contributed by atoms with Gasteiger partial charge in [-0.05, 0) is 37.1 Å². The number of hydrogen-bond acceptors (Lipinski definition) is 4. The maximum Gasteiger partial charge on any atom is 0.320 e. The molecule has 0 fully saturated rings. The molecule has 1 rings (SSSR count). The van der Waals surface area contributed by atoms with Gasteiger partial charge in [0.2, 0.25) is 0 Å². The van der Waals surface area contributed by atoms with E-state index in [1.165, 1.54) is 31.4 Å². The van der Waals surface area contributed by atoms with Crippen molar-refractivity contribution in [1.29, 1.82) is 0 Å². The highest BCUT2D eigenvalue weighted by Gasteiger charge is 2.11. The monoisotopic (exact) mass is 268 g/mol. The van der Waals surface area contributed by atoms with Crippen molar-refractivity contribution in [2.75, 3.05) is 6.54 Å². The lowest BCUT2D eigenvalue weighted by molar-refractivity contribution is -0.138. The van der Waals surface area contributed by atoms with Gasteiger partial charge in [-0.1, -0.05) is 31.9 Å². The van der Waals surface area contributed by atoms with Crippen LogP contribution in [0.2, 0.25) is 0 Å². The normalized spacial score (nSPS) is 11.3. The van der Waals surface area contributed by atoms with Crippen molar-refractivity contribution in [3.8, 4) is 5.75 Å². The Hall–Kier alpha value is -1.59. The Morgan fingerprint density at radius 2 is 1.84 bits per heavy atom. The van der Waals surface area contributed by atoms with Crippen molar-refractivity contribution < 1.29 is 15.0 Å². The molecule has 0 heterocycles. The highest BCUT2D eigenvalue weighted by Crippen LogP contribution is 2.10. The van der Waals surface area contributed by atoms with Gasteiger partial charge in [-0.25, -0.2) is 0 Å². The largest absolute Gasteiger partial charge is 0.508 e. The van der Waals surface area contributed by atoms with Crippen LogP contribution in [0.1, 0.15) is 31.7 Å². The van der Waals surface area contributed by atoms with E-state index < -0.39 is 12.0 Å². The van der Waals surface area contributed by atoms with Gasteiger partial charge in [0.1, 0.15) is 11.8 Å². The maximum absolute atomic E-state index is 10.4. The summed E-state index contributed by atoms with van der Waals surface area (Å²) >= 11 is 0. The third-order valence-corrected chi connectivity index (χ3v) is 2.52. The molecule has 19 heavy (non-hydrogen) atoms. The Morgan fingerprint density at radius 3 is 2.21 bits per heavy atom. The summed E-state index contributed by atoms with van der Waals surface area (Å²) in [6.07, 6.45) is 4.03. The van der Waals surface area contributed by atoms with Crippen LogP contribution in [0, 0.1) is 0 Å². The second-order valence-electron chi connectivity index (χ2n) is 4.31. The number of phenolic OH excluding ortho intramolecular Hbond substituents is 1. The van der Waals surface area contributed by atoms with Crippen molar-refractivity contribution >= 4 is 5.97 Å². The number of nitrogens with two attached hydrogens (primary N) is 2. The molecule has 0 aromatic heterocycles. The summed E-state index contributed by atoms with van der Waals surface area (Å²) in [5.41, 5.74) is 11.3. The van der Waals surface area contributed by atoms with Crippen molar-refractivity contribution in [3.63, 3.8) is 0 Å². The fraction of sp³-hybridized carbons (Fsp3) is 0.500. The van der Waals surface area contributed by atoms with Crippen molar-refractivity contribution in [1.82, 2.24) is 0 Å². The molecule has 0 aliphatic rings. The fourth-order valence-corrected chi connectivity index (χ4v) is 1.37. The highest BCUT2D eigenvalue weighted by molar-refractivity contribution is 5.73. The second-order valence-corrected chi connectivity index (χ2v) is 4.31. The van der Waals surface area contributed by atoms with E-state index >= 15 is 0 Å². The van der Waals surface area contributed by atoms with Crippen LogP contribution in [0.3, 0.4) is 0 Å². The van der Waals surface area contributed by atoms with E-state index in [0.29, 0.717) is 0 Å². The van der Waals surface area contributed by atoms with Gasteiger partial charge in [0, 0.05) is 0 Å². The van der Waals surface area contributed by atoms with Gasteiger partial charge < -0.3 is 21.7 Å². The van der Waals surface area contributed by atoms with E-state index in [9.17, 15) is 4.79 Å². The summed E-state index contributed by atoms with van der Waals surface area (Å²) in [5.74, 6) is -0.860. The number of benzene rings is 1. The smallest absolute Gasteiger partial charge is 0.320 e. The summed E-state index contributed by atoms with van der Waals surface area (Å²) in [5, 5.41) is 17.5. The molecule has 1 unspecified atom stereocenters. The molecule has 5 nitrogen and oxygen atoms in total. The first-order valence-electron chi connectivity index (χ1n) is 6.47. The molecule has 0 saturated carbocycles. The third kappa shape index (κ3) is 9.04. The summed E-state index contributed by atoms with van der Waals surface area (Å²) in [6, 6.07) is 5.42. The summed E-state index contributed by atoms with van der Waals surface area (Å²) in [7, 11) is 0. The molecule has 6 N–H and O–H groups in total. The lowest BCUT2D eigenvalue weighted by atomic mass is 10.1. The molecule has 0 aliphatic heterocycles. The Kier molecular flexibility index (Phi) is 9.48. The zero-order valence-corrected chi connectivity index (χ0v) is 11.4. The zero-order valence-electron chi connectivity index (χ0n) is 11.4. The second kappa shape index (κ2) is 10.3. The molecule has 1 atom stereocenters. The van der Waals surface area contributed by atoms with Crippen LogP contribution >= 0.6 is 0 Å². The van der Waals surface area contributed by atoms with Crippen molar-refractivity contribution in [2.24, 2.45) is 11.5 Å². The predicted octanol–water partition coefficient (Wildman–Crippen LogP) is 1.48. The Bertz CT molecular complexity index is 348. The molecule has 108 valence electrons. The van der Waals surface area contributed by atoms with Crippen LogP contribution in [0.25, 0.3) is 0 Å². The minimum absolute atomic E-state index is 0.160. The predicted molar refractivity (Wildman–Crippen MR) is 76.0 cm³/mol. The number of hydrogen-bond donors (Lipinski definition) is 4. The van der Waals surface area contributed by atoms with E-state index in [4.69, 9.17) is 21.7 Å². The minimum atomic E-state index is -1.02. The Balaban J connectivity index is 0.000000459. The van der Waals surface area contributed by atoms with E-state index in [1.807, 2.05) is 0 Å². The van der Waals surface area contributed by atoms with E-state index in [0.717, 1.165) is 12.1 Å². The maximum atomic E-state index is 10.4. The van der Waals surface area contributed by atoms with Crippen molar-refractivity contribution in [2.45, 2.75) is 38.6 Å². The number of phenols is 1. The van der Waals surface area contributed by atoms with Crippen LogP contribution < -0.4 is 11.5 Å². The molecule has 0 saturated heterocycles. The number of carboxylic acid groups (broad SMARTS) is 1. The number of aliphatic carboxylic acids is 1. The van der Waals surface area contributed by atoms with Crippen LogP contribution in [-0.2, 0) is 11.2 Å². The quantitative estimate of drug-likeness (QED) is 0.584. The first-order chi connectivity index (χ1) is 9.01. The molecule has 0 spiro atoms. The van der Waals surface area contributed by atoms with Crippen LogP contribution in [-0.4, -0.2) is 28.8 Å². The molecular formula is C14H24N2O3. The van der Waals surface area contributed by atoms with Gasteiger partial charge in [-0.15, -0.1) is 0 Å². The standard InChI is InChI=1S/C9H11NO3.C5H13N/c10-8(9(12)13)5-6-1-3-7(11)4-2-6;1-2-3-4-5-6/h1-4,8,11H,5,10H2,(H,12,13);2-6H2,1H3.